The van der Waals surface area contributed by atoms with Gasteiger partial charge in [-0.25, -0.2) is 4.79 Å². The largest absolute Gasteiger partial charge is 0.467 e. The van der Waals surface area contributed by atoms with Crippen molar-refractivity contribution in [3.05, 3.63) is 60.1 Å². The molecule has 0 unspecified atom stereocenters. The highest BCUT2D eigenvalue weighted by atomic mass is 16.3. The first-order valence-electron chi connectivity index (χ1n) is 10.3. The molecule has 0 radical (unpaired) electrons. The van der Waals surface area contributed by atoms with E-state index in [1.165, 1.54) is 11.8 Å². The highest BCUT2D eigenvalue weighted by Gasteiger charge is 2.39. The molecule has 4 rings (SSSR count). The number of amides is 4. The molecule has 158 valence electrons. The maximum absolute atomic E-state index is 12.5. The lowest BCUT2D eigenvalue weighted by Gasteiger charge is -2.32. The second-order valence-electron chi connectivity index (χ2n) is 7.81. The molecule has 2 aromatic rings. The molecule has 8 nitrogen and oxygen atoms in total. The van der Waals surface area contributed by atoms with Gasteiger partial charge >= 0.3 is 6.03 Å². The van der Waals surface area contributed by atoms with Gasteiger partial charge in [0, 0.05) is 25.7 Å². The Labute approximate surface area is 175 Å². The molecule has 0 spiro atoms. The number of urea groups is 1. The molecule has 8 heteroatoms. The first-order chi connectivity index (χ1) is 14.6. The molecule has 4 amide bonds. The fourth-order valence-corrected chi connectivity index (χ4v) is 3.97. The molecular weight excluding hydrogens is 384 g/mol. The monoisotopic (exact) mass is 410 g/mol. The summed E-state index contributed by atoms with van der Waals surface area (Å²) in [7, 11) is 0. The van der Waals surface area contributed by atoms with Crippen LogP contribution in [0.1, 0.15) is 30.6 Å². The molecule has 2 aliphatic rings. The van der Waals surface area contributed by atoms with Gasteiger partial charge in [-0.05, 0) is 30.5 Å². The number of hydrogen-bond donors (Lipinski definition) is 2. The van der Waals surface area contributed by atoms with E-state index in [1.807, 2.05) is 18.2 Å². The standard InChI is InChI=1S/C22H26N4O4/c27-20(13-19-21(28)26(22(29)24-19)15-18-7-4-12-30-18)23-17-8-10-25(11-9-17)14-16-5-2-1-3-6-16/h1-7,12,17,19H,8-11,13-15H2,(H,23,27)(H,24,29)/t19-/m0/s1. The first kappa shape index (κ1) is 20.2. The van der Waals surface area contributed by atoms with E-state index in [4.69, 9.17) is 4.42 Å². The van der Waals surface area contributed by atoms with Gasteiger partial charge in [0.05, 0.1) is 19.2 Å². The van der Waals surface area contributed by atoms with Crippen LogP contribution in [0.2, 0.25) is 0 Å². The lowest BCUT2D eigenvalue weighted by molar-refractivity contribution is -0.131. The summed E-state index contributed by atoms with van der Waals surface area (Å²) in [6.45, 7) is 2.80. The van der Waals surface area contributed by atoms with Gasteiger partial charge in [-0.15, -0.1) is 0 Å². The number of benzene rings is 1. The highest BCUT2D eigenvalue weighted by molar-refractivity contribution is 6.05. The number of hydrogen-bond acceptors (Lipinski definition) is 5. The van der Waals surface area contributed by atoms with Gasteiger partial charge in [-0.2, -0.15) is 0 Å². The van der Waals surface area contributed by atoms with Crippen LogP contribution in [-0.4, -0.2) is 52.8 Å². The number of piperidine rings is 1. The predicted octanol–water partition coefficient (Wildman–Crippen LogP) is 1.87. The third-order valence-corrected chi connectivity index (χ3v) is 5.59. The van der Waals surface area contributed by atoms with E-state index < -0.39 is 18.0 Å². The van der Waals surface area contributed by atoms with Crippen molar-refractivity contribution in [1.82, 2.24) is 20.4 Å². The zero-order valence-corrected chi connectivity index (χ0v) is 16.8. The normalized spacial score (nSPS) is 20.4. The quantitative estimate of drug-likeness (QED) is 0.680. The Hall–Kier alpha value is -3.13. The molecule has 2 saturated heterocycles. The summed E-state index contributed by atoms with van der Waals surface area (Å²) in [6.07, 6.45) is 3.18. The van der Waals surface area contributed by atoms with Crippen LogP contribution in [0.25, 0.3) is 0 Å². The van der Waals surface area contributed by atoms with Gasteiger partial charge in [0.2, 0.25) is 5.91 Å². The lowest BCUT2D eigenvalue weighted by atomic mass is 10.0. The minimum atomic E-state index is -0.828. The third kappa shape index (κ3) is 4.88. The van der Waals surface area contributed by atoms with E-state index in [2.05, 4.69) is 27.7 Å². The zero-order chi connectivity index (χ0) is 20.9. The Morgan fingerprint density at radius 1 is 1.07 bits per heavy atom. The molecule has 0 aliphatic carbocycles. The van der Waals surface area contributed by atoms with Crippen molar-refractivity contribution in [2.75, 3.05) is 13.1 Å². The maximum atomic E-state index is 12.5. The van der Waals surface area contributed by atoms with Gasteiger partial charge in [0.25, 0.3) is 5.91 Å². The molecule has 0 saturated carbocycles. The number of carbonyl (C=O) groups excluding carboxylic acids is 3. The summed E-state index contributed by atoms with van der Waals surface area (Å²) in [5.41, 5.74) is 1.29. The fraction of sp³-hybridized carbons (Fsp3) is 0.409. The van der Waals surface area contributed by atoms with Crippen molar-refractivity contribution in [2.24, 2.45) is 0 Å². The number of carbonyl (C=O) groups is 3. The van der Waals surface area contributed by atoms with Crippen LogP contribution in [0.5, 0.6) is 0 Å². The molecule has 30 heavy (non-hydrogen) atoms. The number of imide groups is 1. The van der Waals surface area contributed by atoms with Gasteiger partial charge < -0.3 is 15.1 Å². The molecular formula is C22H26N4O4. The number of nitrogens with zero attached hydrogens (tertiary/aromatic N) is 2. The first-order valence-corrected chi connectivity index (χ1v) is 10.3. The minimum Gasteiger partial charge on any atom is -0.467 e. The summed E-state index contributed by atoms with van der Waals surface area (Å²) in [5, 5.41) is 5.62. The van der Waals surface area contributed by atoms with Crippen LogP contribution < -0.4 is 10.6 Å². The van der Waals surface area contributed by atoms with Gasteiger partial charge in [-0.3, -0.25) is 19.4 Å². The van der Waals surface area contributed by atoms with E-state index in [1.54, 1.807) is 12.1 Å². The summed E-state index contributed by atoms with van der Waals surface area (Å²) in [6, 6.07) is 12.5. The topological polar surface area (TPSA) is 94.9 Å². The Morgan fingerprint density at radius 3 is 2.53 bits per heavy atom. The summed E-state index contributed by atoms with van der Waals surface area (Å²) in [4.78, 5) is 40.5. The van der Waals surface area contributed by atoms with Crippen LogP contribution in [0.4, 0.5) is 4.79 Å². The second-order valence-corrected chi connectivity index (χ2v) is 7.81. The van der Waals surface area contributed by atoms with Crippen LogP contribution in [-0.2, 0) is 22.7 Å². The average molecular weight is 410 g/mol. The number of furan rings is 1. The van der Waals surface area contributed by atoms with Crippen LogP contribution in [0, 0.1) is 0 Å². The van der Waals surface area contributed by atoms with E-state index >= 15 is 0 Å². The highest BCUT2D eigenvalue weighted by Crippen LogP contribution is 2.16. The maximum Gasteiger partial charge on any atom is 0.325 e. The molecule has 2 fully saturated rings. The molecule has 1 atom stereocenters. The van der Waals surface area contributed by atoms with E-state index in [0.717, 1.165) is 37.4 Å². The van der Waals surface area contributed by atoms with Crippen LogP contribution in [0.15, 0.2) is 53.1 Å². The zero-order valence-electron chi connectivity index (χ0n) is 16.8. The van der Waals surface area contributed by atoms with Crippen molar-refractivity contribution in [3.8, 4) is 0 Å². The van der Waals surface area contributed by atoms with Gasteiger partial charge in [-0.1, -0.05) is 30.3 Å². The van der Waals surface area contributed by atoms with E-state index in [9.17, 15) is 14.4 Å². The third-order valence-electron chi connectivity index (χ3n) is 5.59. The van der Waals surface area contributed by atoms with Gasteiger partial charge in [0.15, 0.2) is 0 Å². The van der Waals surface area contributed by atoms with E-state index in [-0.39, 0.29) is 24.9 Å². The van der Waals surface area contributed by atoms with Crippen LogP contribution >= 0.6 is 0 Å². The SMILES string of the molecule is O=C(C[C@@H]1NC(=O)N(Cc2ccco2)C1=O)NC1CCN(Cc2ccccc2)CC1. The van der Waals surface area contributed by atoms with Crippen molar-refractivity contribution >= 4 is 17.8 Å². The second kappa shape index (κ2) is 9.13. The van der Waals surface area contributed by atoms with Crippen molar-refractivity contribution in [1.29, 1.82) is 0 Å². The summed E-state index contributed by atoms with van der Waals surface area (Å²) >= 11 is 0. The predicted molar refractivity (Wildman–Crippen MR) is 109 cm³/mol. The Morgan fingerprint density at radius 2 is 1.83 bits per heavy atom. The average Bonchev–Trinajstić information content (AvgIpc) is 3.34. The number of likely N-dealkylation sites (tertiary alicyclic amines) is 1. The smallest absolute Gasteiger partial charge is 0.325 e. The Bertz CT molecular complexity index is 876. The van der Waals surface area contributed by atoms with Crippen molar-refractivity contribution < 1.29 is 18.8 Å². The molecule has 2 aliphatic heterocycles. The number of rotatable bonds is 7. The summed E-state index contributed by atoms with van der Waals surface area (Å²) in [5.74, 6) is -0.0925. The summed E-state index contributed by atoms with van der Waals surface area (Å²) < 4.78 is 5.20. The fourth-order valence-electron chi connectivity index (χ4n) is 3.97. The Kier molecular flexibility index (Phi) is 6.13. The van der Waals surface area contributed by atoms with Crippen molar-refractivity contribution in [2.45, 2.75) is 44.4 Å². The number of nitrogens with one attached hydrogen (secondary N) is 2. The van der Waals surface area contributed by atoms with E-state index in [0.29, 0.717) is 5.76 Å². The molecule has 1 aromatic carbocycles. The van der Waals surface area contributed by atoms with Crippen molar-refractivity contribution in [3.63, 3.8) is 0 Å². The molecule has 3 heterocycles. The lowest BCUT2D eigenvalue weighted by Crippen LogP contribution is -2.46. The molecule has 1 aromatic heterocycles. The molecule has 0 bridgehead atoms. The van der Waals surface area contributed by atoms with Crippen LogP contribution in [0.3, 0.4) is 0 Å². The molecule has 2 N–H and O–H groups in total. The minimum absolute atomic E-state index is 0.0521. The van der Waals surface area contributed by atoms with Gasteiger partial charge in [0.1, 0.15) is 11.8 Å². The Balaban J connectivity index is 1.21.